The average molecular weight is 354 g/mol. The number of rotatable bonds is 4. The van der Waals surface area contributed by atoms with Crippen LogP contribution in [0.2, 0.25) is 0 Å². The van der Waals surface area contributed by atoms with Crippen molar-refractivity contribution in [3.63, 3.8) is 0 Å². The molecule has 1 aliphatic rings. The smallest absolute Gasteiger partial charge is 0.258 e. The molecule has 1 aliphatic heterocycles. The zero-order chi connectivity index (χ0) is 18.1. The van der Waals surface area contributed by atoms with Gasteiger partial charge < -0.3 is 24.3 Å². The fourth-order valence-corrected chi connectivity index (χ4v) is 3.43. The lowest BCUT2D eigenvalue weighted by atomic mass is 10.1. The van der Waals surface area contributed by atoms with Gasteiger partial charge in [-0.15, -0.1) is 0 Å². The van der Waals surface area contributed by atoms with Crippen molar-refractivity contribution in [2.45, 2.75) is 13.0 Å². The molecule has 3 aromatic rings. The summed E-state index contributed by atoms with van der Waals surface area (Å²) in [5, 5.41) is 0. The second-order valence-corrected chi connectivity index (χ2v) is 6.55. The van der Waals surface area contributed by atoms with E-state index in [1.165, 1.54) is 0 Å². The summed E-state index contributed by atoms with van der Waals surface area (Å²) in [7, 11) is 1.69. The summed E-state index contributed by atoms with van der Waals surface area (Å²) in [6, 6.07) is 7.79. The van der Waals surface area contributed by atoms with Gasteiger partial charge in [0.25, 0.3) is 5.56 Å². The lowest BCUT2D eigenvalue weighted by Gasteiger charge is -2.34. The van der Waals surface area contributed by atoms with E-state index in [-0.39, 0.29) is 11.7 Å². The molecule has 1 fully saturated rings. The molecule has 3 heterocycles. The fraction of sp³-hybridized carbons (Fsp3) is 0.368. The molecule has 0 unspecified atom stereocenters. The van der Waals surface area contributed by atoms with E-state index in [1.54, 1.807) is 25.4 Å². The zero-order valence-electron chi connectivity index (χ0n) is 14.9. The highest BCUT2D eigenvalue weighted by Gasteiger charge is 2.22. The number of hydrogen-bond donors (Lipinski definition) is 2. The molecule has 2 aromatic heterocycles. The molecule has 0 bridgehead atoms. The van der Waals surface area contributed by atoms with Crippen LogP contribution in [0.5, 0.6) is 0 Å². The molecule has 2 N–H and O–H groups in total. The summed E-state index contributed by atoms with van der Waals surface area (Å²) < 4.78 is 11.0. The number of ether oxygens (including phenoxy) is 2. The van der Waals surface area contributed by atoms with E-state index in [1.807, 2.05) is 6.92 Å². The van der Waals surface area contributed by atoms with E-state index in [9.17, 15) is 4.79 Å². The Hall–Kier alpha value is -2.64. The minimum Gasteiger partial charge on any atom is -0.382 e. The van der Waals surface area contributed by atoms with Crippen LogP contribution in [0, 0.1) is 6.92 Å². The van der Waals surface area contributed by atoms with Crippen LogP contribution in [0.15, 0.2) is 35.3 Å². The Morgan fingerprint density at radius 3 is 3.12 bits per heavy atom. The molecule has 4 rings (SSSR count). The Bertz CT molecular complexity index is 976. The molecule has 0 amide bonds. The normalized spacial score (nSPS) is 17.8. The number of imidazole rings is 1. The maximum absolute atomic E-state index is 12.0. The number of H-pyrrole nitrogens is 2. The van der Waals surface area contributed by atoms with Gasteiger partial charge in [0.15, 0.2) is 0 Å². The van der Waals surface area contributed by atoms with Gasteiger partial charge in [-0.05, 0) is 36.8 Å². The van der Waals surface area contributed by atoms with Crippen molar-refractivity contribution in [3.8, 4) is 11.4 Å². The highest BCUT2D eigenvalue weighted by atomic mass is 16.5. The van der Waals surface area contributed by atoms with Gasteiger partial charge in [-0.3, -0.25) is 4.79 Å². The number of aromatic amines is 2. The molecule has 7 heteroatoms. The predicted molar refractivity (Wildman–Crippen MR) is 101 cm³/mol. The monoisotopic (exact) mass is 354 g/mol. The first-order valence-corrected chi connectivity index (χ1v) is 8.69. The number of anilines is 1. The van der Waals surface area contributed by atoms with Crippen molar-refractivity contribution in [1.82, 2.24) is 15.0 Å². The molecule has 1 saturated heterocycles. The number of aryl methyl sites for hydroxylation is 1. The van der Waals surface area contributed by atoms with E-state index < -0.39 is 0 Å². The summed E-state index contributed by atoms with van der Waals surface area (Å²) in [6.45, 7) is 4.93. The summed E-state index contributed by atoms with van der Waals surface area (Å²) in [5.74, 6) is 0.585. The maximum atomic E-state index is 12.0. The lowest BCUT2D eigenvalue weighted by Crippen LogP contribution is -2.44. The quantitative estimate of drug-likeness (QED) is 0.749. The van der Waals surface area contributed by atoms with Crippen LogP contribution in [0.3, 0.4) is 0 Å². The third-order valence-electron chi connectivity index (χ3n) is 4.69. The van der Waals surface area contributed by atoms with Crippen LogP contribution in [0.25, 0.3) is 22.4 Å². The Morgan fingerprint density at radius 2 is 2.31 bits per heavy atom. The molecule has 1 aromatic carbocycles. The minimum absolute atomic E-state index is 0.0740. The largest absolute Gasteiger partial charge is 0.382 e. The Morgan fingerprint density at radius 1 is 1.42 bits per heavy atom. The van der Waals surface area contributed by atoms with Crippen LogP contribution in [0.1, 0.15) is 5.56 Å². The fourth-order valence-electron chi connectivity index (χ4n) is 3.43. The van der Waals surface area contributed by atoms with E-state index in [2.05, 4.69) is 32.0 Å². The summed E-state index contributed by atoms with van der Waals surface area (Å²) in [4.78, 5) is 25.0. The zero-order valence-corrected chi connectivity index (χ0v) is 14.9. The van der Waals surface area contributed by atoms with Crippen LogP contribution in [0.4, 0.5) is 5.69 Å². The van der Waals surface area contributed by atoms with Gasteiger partial charge in [0.2, 0.25) is 0 Å². The number of morpholine rings is 1. The number of methoxy groups -OCH3 is 1. The van der Waals surface area contributed by atoms with Gasteiger partial charge in [-0.25, -0.2) is 4.98 Å². The highest BCUT2D eigenvalue weighted by molar-refractivity contribution is 5.85. The van der Waals surface area contributed by atoms with E-state index >= 15 is 0 Å². The van der Waals surface area contributed by atoms with Crippen LogP contribution in [-0.2, 0) is 9.47 Å². The topological polar surface area (TPSA) is 83.2 Å². The molecule has 0 spiro atoms. The van der Waals surface area contributed by atoms with Gasteiger partial charge >= 0.3 is 0 Å². The second-order valence-electron chi connectivity index (χ2n) is 6.55. The van der Waals surface area contributed by atoms with E-state index in [4.69, 9.17) is 9.47 Å². The molecule has 7 nitrogen and oxygen atoms in total. The lowest BCUT2D eigenvalue weighted by molar-refractivity contribution is -0.0100. The van der Waals surface area contributed by atoms with Crippen molar-refractivity contribution in [2.75, 3.05) is 38.3 Å². The first-order valence-electron chi connectivity index (χ1n) is 8.69. The third-order valence-corrected chi connectivity index (χ3v) is 4.69. The van der Waals surface area contributed by atoms with Crippen molar-refractivity contribution >= 4 is 16.7 Å². The molecule has 136 valence electrons. The SMILES string of the molecule is COC[C@H]1CN(c2cc(C)c3nc(-c4ccc[nH]c4=O)[nH]c3c2)CCO1. The standard InChI is InChI=1S/C19H22N4O3/c1-12-8-13(23-6-7-26-14(10-23)11-25-2)9-16-17(12)22-18(21-16)15-4-3-5-20-19(15)24/h3-5,8-9,14H,6-7,10-11H2,1-2H3,(H,20,24)(H,21,22)/t14-/m1/s1. The minimum atomic E-state index is -0.153. The van der Waals surface area contributed by atoms with E-state index in [0.29, 0.717) is 24.6 Å². The molecule has 0 aliphatic carbocycles. The molecule has 0 radical (unpaired) electrons. The Balaban J connectivity index is 1.70. The highest BCUT2D eigenvalue weighted by Crippen LogP contribution is 2.27. The maximum Gasteiger partial charge on any atom is 0.258 e. The number of nitrogens with one attached hydrogen (secondary N) is 2. The van der Waals surface area contributed by atoms with Gasteiger partial charge in [0.05, 0.1) is 35.9 Å². The van der Waals surface area contributed by atoms with Gasteiger partial charge in [0, 0.05) is 32.1 Å². The second kappa shape index (κ2) is 6.93. The number of aromatic nitrogens is 3. The molecule has 1 atom stereocenters. The number of pyridine rings is 1. The van der Waals surface area contributed by atoms with Crippen LogP contribution >= 0.6 is 0 Å². The van der Waals surface area contributed by atoms with Crippen molar-refractivity contribution in [1.29, 1.82) is 0 Å². The number of hydrogen-bond acceptors (Lipinski definition) is 5. The molecular formula is C19H22N4O3. The Labute approximate surface area is 151 Å². The summed E-state index contributed by atoms with van der Waals surface area (Å²) in [5.41, 5.74) is 4.39. The Kier molecular flexibility index (Phi) is 4.48. The predicted octanol–water partition coefficient (Wildman–Crippen LogP) is 2.08. The van der Waals surface area contributed by atoms with Gasteiger partial charge in [0.1, 0.15) is 5.82 Å². The van der Waals surface area contributed by atoms with Gasteiger partial charge in [-0.1, -0.05) is 0 Å². The van der Waals surface area contributed by atoms with Crippen LogP contribution in [-0.4, -0.2) is 54.5 Å². The van der Waals surface area contributed by atoms with Crippen molar-refractivity contribution in [3.05, 3.63) is 46.4 Å². The average Bonchev–Trinajstić information content (AvgIpc) is 3.07. The van der Waals surface area contributed by atoms with Crippen LogP contribution < -0.4 is 10.5 Å². The van der Waals surface area contributed by atoms with Gasteiger partial charge in [-0.2, -0.15) is 0 Å². The first kappa shape index (κ1) is 16.8. The summed E-state index contributed by atoms with van der Waals surface area (Å²) >= 11 is 0. The van der Waals surface area contributed by atoms with Crippen molar-refractivity contribution < 1.29 is 9.47 Å². The molecular weight excluding hydrogens is 332 g/mol. The van der Waals surface area contributed by atoms with E-state index in [0.717, 1.165) is 35.4 Å². The third kappa shape index (κ3) is 3.11. The molecule has 0 saturated carbocycles. The molecule has 26 heavy (non-hydrogen) atoms. The summed E-state index contributed by atoms with van der Waals surface area (Å²) in [6.07, 6.45) is 1.69. The number of nitrogens with zero attached hydrogens (tertiary/aromatic N) is 2. The number of fused-ring (bicyclic) bond motifs is 1. The first-order chi connectivity index (χ1) is 12.7. The number of benzene rings is 1. The van der Waals surface area contributed by atoms with Crippen molar-refractivity contribution in [2.24, 2.45) is 0 Å².